The van der Waals surface area contributed by atoms with E-state index in [1.54, 1.807) is 0 Å². The molecule has 0 amide bonds. The van der Waals surface area contributed by atoms with E-state index >= 15 is 0 Å². The molecule has 2 rings (SSSR count). The van der Waals surface area contributed by atoms with Gasteiger partial charge in [-0.25, -0.2) is 0 Å². The molecule has 0 aliphatic carbocycles. The zero-order chi connectivity index (χ0) is 13.7. The van der Waals surface area contributed by atoms with Crippen LogP contribution in [0.15, 0.2) is 0 Å². The van der Waals surface area contributed by atoms with E-state index in [1.807, 2.05) is 0 Å². The number of hydrogen-bond donors (Lipinski definition) is 0. The predicted molar refractivity (Wildman–Crippen MR) is 79.4 cm³/mol. The predicted octanol–water partition coefficient (Wildman–Crippen LogP) is 4.71. The Labute approximate surface area is 119 Å². The van der Waals surface area contributed by atoms with Gasteiger partial charge in [0.05, 0.1) is 24.4 Å². The highest BCUT2D eigenvalue weighted by Gasteiger charge is 2.37. The van der Waals surface area contributed by atoms with Crippen LogP contribution in [0.3, 0.4) is 0 Å². The Morgan fingerprint density at radius 2 is 1.42 bits per heavy atom. The summed E-state index contributed by atoms with van der Waals surface area (Å²) in [6.07, 6.45) is 13.5. The van der Waals surface area contributed by atoms with Gasteiger partial charge in [-0.1, -0.05) is 32.6 Å². The van der Waals surface area contributed by atoms with Gasteiger partial charge in [0.15, 0.2) is 0 Å². The molecule has 0 aromatic rings. The number of rotatable bonds is 7. The second kappa shape index (κ2) is 7.64. The summed E-state index contributed by atoms with van der Waals surface area (Å²) in [4.78, 5) is 0. The molecule has 0 bridgehead atoms. The summed E-state index contributed by atoms with van der Waals surface area (Å²) >= 11 is 0. The molecule has 0 saturated carbocycles. The lowest BCUT2D eigenvalue weighted by Crippen LogP contribution is -2.32. The highest BCUT2D eigenvalue weighted by molar-refractivity contribution is 4.86. The maximum absolute atomic E-state index is 6.15. The van der Waals surface area contributed by atoms with Gasteiger partial charge >= 0.3 is 0 Å². The normalized spacial score (nSPS) is 36.8. The lowest BCUT2D eigenvalue weighted by Gasteiger charge is -2.29. The molecule has 0 radical (unpaired) electrons. The molecule has 0 aromatic carbocycles. The van der Waals surface area contributed by atoms with Gasteiger partial charge < -0.3 is 9.47 Å². The van der Waals surface area contributed by atoms with Crippen molar-refractivity contribution in [2.24, 2.45) is 5.92 Å². The van der Waals surface area contributed by atoms with Gasteiger partial charge in [-0.3, -0.25) is 0 Å². The first-order valence-electron chi connectivity index (χ1n) is 8.51. The first kappa shape index (κ1) is 15.3. The number of hydrogen-bond acceptors (Lipinski definition) is 2. The third kappa shape index (κ3) is 4.46. The SMILES string of the molecule is CCCCCCC(C1CCC(C)O1)C1CCC(C)O1. The van der Waals surface area contributed by atoms with Crippen LogP contribution < -0.4 is 0 Å². The Kier molecular flexibility index (Phi) is 6.15. The van der Waals surface area contributed by atoms with E-state index in [0.717, 1.165) is 0 Å². The van der Waals surface area contributed by atoms with E-state index in [9.17, 15) is 0 Å². The molecule has 2 heterocycles. The second-order valence-corrected chi connectivity index (χ2v) is 6.64. The summed E-state index contributed by atoms with van der Waals surface area (Å²) in [7, 11) is 0. The van der Waals surface area contributed by atoms with Gasteiger partial charge in [-0.05, 0) is 46.0 Å². The van der Waals surface area contributed by atoms with Crippen LogP contribution in [-0.4, -0.2) is 24.4 Å². The van der Waals surface area contributed by atoms with Crippen LogP contribution in [0.4, 0.5) is 0 Å². The molecule has 2 nitrogen and oxygen atoms in total. The summed E-state index contributed by atoms with van der Waals surface area (Å²) in [6.45, 7) is 6.71. The van der Waals surface area contributed by atoms with Gasteiger partial charge in [-0.15, -0.1) is 0 Å². The lowest BCUT2D eigenvalue weighted by atomic mass is 9.87. The highest BCUT2D eigenvalue weighted by atomic mass is 16.5. The van der Waals surface area contributed by atoms with Crippen LogP contribution in [0.5, 0.6) is 0 Å². The van der Waals surface area contributed by atoms with Crippen molar-refractivity contribution in [1.29, 1.82) is 0 Å². The Morgan fingerprint density at radius 1 is 0.842 bits per heavy atom. The molecule has 19 heavy (non-hydrogen) atoms. The topological polar surface area (TPSA) is 18.5 Å². The average molecular weight is 268 g/mol. The summed E-state index contributed by atoms with van der Waals surface area (Å²) in [5, 5.41) is 0. The minimum atomic E-state index is 0.460. The molecule has 2 heteroatoms. The van der Waals surface area contributed by atoms with Gasteiger partial charge in [0.1, 0.15) is 0 Å². The largest absolute Gasteiger partial charge is 0.375 e. The van der Waals surface area contributed by atoms with Gasteiger partial charge in [0.25, 0.3) is 0 Å². The smallest absolute Gasteiger partial charge is 0.0632 e. The van der Waals surface area contributed by atoms with E-state index in [0.29, 0.717) is 30.3 Å². The van der Waals surface area contributed by atoms with Crippen LogP contribution >= 0.6 is 0 Å². The van der Waals surface area contributed by atoms with Crippen molar-refractivity contribution in [3.63, 3.8) is 0 Å². The number of unbranched alkanes of at least 4 members (excludes halogenated alkanes) is 3. The van der Waals surface area contributed by atoms with Crippen molar-refractivity contribution in [3.8, 4) is 0 Å². The summed E-state index contributed by atoms with van der Waals surface area (Å²) in [6, 6.07) is 0. The fourth-order valence-electron chi connectivity index (χ4n) is 3.71. The molecule has 4 unspecified atom stereocenters. The van der Waals surface area contributed by atoms with E-state index in [1.165, 1.54) is 57.8 Å². The van der Waals surface area contributed by atoms with Crippen LogP contribution in [-0.2, 0) is 9.47 Å². The fraction of sp³-hybridized carbons (Fsp3) is 1.00. The second-order valence-electron chi connectivity index (χ2n) is 6.64. The Morgan fingerprint density at radius 3 is 1.84 bits per heavy atom. The zero-order valence-corrected chi connectivity index (χ0v) is 13.1. The van der Waals surface area contributed by atoms with E-state index in [2.05, 4.69) is 20.8 Å². The summed E-state index contributed by atoms with van der Waals surface area (Å²) in [5.74, 6) is 0.645. The molecule has 2 aliphatic heterocycles. The molecule has 0 spiro atoms. The van der Waals surface area contributed by atoms with Gasteiger partial charge in [0, 0.05) is 5.92 Å². The van der Waals surface area contributed by atoms with E-state index in [4.69, 9.17) is 9.47 Å². The molecule has 112 valence electrons. The standard InChI is InChI=1S/C17H32O2/c1-4-5-6-7-8-15(16-11-9-13(2)18-16)17-12-10-14(3)19-17/h13-17H,4-12H2,1-3H3. The fourth-order valence-corrected chi connectivity index (χ4v) is 3.71. The van der Waals surface area contributed by atoms with Crippen LogP contribution in [0.1, 0.15) is 78.6 Å². The van der Waals surface area contributed by atoms with Crippen LogP contribution in [0.2, 0.25) is 0 Å². The molecule has 0 N–H and O–H groups in total. The average Bonchev–Trinajstić information content (AvgIpc) is 2.99. The monoisotopic (exact) mass is 268 g/mol. The molecule has 2 saturated heterocycles. The zero-order valence-electron chi connectivity index (χ0n) is 13.1. The summed E-state index contributed by atoms with van der Waals surface area (Å²) in [5.41, 5.74) is 0. The summed E-state index contributed by atoms with van der Waals surface area (Å²) < 4.78 is 12.3. The molecule has 4 atom stereocenters. The Bertz CT molecular complexity index is 234. The van der Waals surface area contributed by atoms with Crippen molar-refractivity contribution < 1.29 is 9.47 Å². The molecular formula is C17H32O2. The third-order valence-corrected chi connectivity index (χ3v) is 4.88. The van der Waals surface area contributed by atoms with Crippen LogP contribution in [0.25, 0.3) is 0 Å². The van der Waals surface area contributed by atoms with E-state index in [-0.39, 0.29) is 0 Å². The molecular weight excluding hydrogens is 236 g/mol. The lowest BCUT2D eigenvalue weighted by molar-refractivity contribution is -0.0558. The van der Waals surface area contributed by atoms with Gasteiger partial charge in [-0.2, -0.15) is 0 Å². The van der Waals surface area contributed by atoms with Crippen molar-refractivity contribution in [3.05, 3.63) is 0 Å². The minimum absolute atomic E-state index is 0.460. The third-order valence-electron chi connectivity index (χ3n) is 4.88. The van der Waals surface area contributed by atoms with Crippen molar-refractivity contribution in [2.45, 2.75) is 103 Å². The van der Waals surface area contributed by atoms with Crippen molar-refractivity contribution in [2.75, 3.05) is 0 Å². The Hall–Kier alpha value is -0.0800. The maximum atomic E-state index is 6.15. The first-order valence-corrected chi connectivity index (χ1v) is 8.51. The van der Waals surface area contributed by atoms with Crippen molar-refractivity contribution in [1.82, 2.24) is 0 Å². The Balaban J connectivity index is 1.85. The molecule has 0 aromatic heterocycles. The van der Waals surface area contributed by atoms with Crippen LogP contribution in [0, 0.1) is 5.92 Å². The maximum Gasteiger partial charge on any atom is 0.0632 e. The number of ether oxygens (including phenoxy) is 2. The van der Waals surface area contributed by atoms with Gasteiger partial charge in [0.2, 0.25) is 0 Å². The molecule has 2 fully saturated rings. The minimum Gasteiger partial charge on any atom is -0.375 e. The first-order chi connectivity index (χ1) is 9.20. The highest BCUT2D eigenvalue weighted by Crippen LogP contribution is 2.36. The van der Waals surface area contributed by atoms with E-state index < -0.39 is 0 Å². The quantitative estimate of drug-likeness (QED) is 0.623. The van der Waals surface area contributed by atoms with Crippen molar-refractivity contribution >= 4 is 0 Å². The molecule has 2 aliphatic rings.